The molecule has 6 rings (SSSR count). The third kappa shape index (κ3) is 5.77. The van der Waals surface area contributed by atoms with Crippen LogP contribution < -0.4 is 5.32 Å². The minimum atomic E-state index is -0.788. The number of carbonyl (C=O) groups is 1. The van der Waals surface area contributed by atoms with Gasteiger partial charge in [0.1, 0.15) is 0 Å². The number of hydrogen-bond acceptors (Lipinski definition) is 9. The largest absolute Gasteiger partial charge is 0.393 e. The van der Waals surface area contributed by atoms with Gasteiger partial charge < -0.3 is 15.3 Å². The molecule has 1 aliphatic carbocycles. The molecule has 1 saturated heterocycles. The quantitative estimate of drug-likeness (QED) is 0.459. The summed E-state index contributed by atoms with van der Waals surface area (Å²) < 4.78 is 0. The molecule has 10 heteroatoms. The highest BCUT2D eigenvalue weighted by molar-refractivity contribution is 5.79. The second-order valence-corrected chi connectivity index (χ2v) is 11.0. The number of carbonyl (C=O) groups excluding carboxylic acids is 1. The van der Waals surface area contributed by atoms with Crippen LogP contribution in [0.2, 0.25) is 0 Å². The lowest BCUT2D eigenvalue weighted by molar-refractivity contribution is -0.138. The van der Waals surface area contributed by atoms with E-state index in [2.05, 4.69) is 55.0 Å². The van der Waals surface area contributed by atoms with Gasteiger partial charge in [0.2, 0.25) is 11.9 Å². The van der Waals surface area contributed by atoms with Crippen LogP contribution in [-0.2, 0) is 16.8 Å². The van der Waals surface area contributed by atoms with Crippen molar-refractivity contribution in [1.82, 2.24) is 19.9 Å². The van der Waals surface area contributed by atoms with E-state index in [0.29, 0.717) is 38.3 Å². The van der Waals surface area contributed by atoms with Crippen molar-refractivity contribution in [3.05, 3.63) is 72.3 Å². The van der Waals surface area contributed by atoms with Crippen molar-refractivity contribution in [2.24, 2.45) is 21.4 Å². The van der Waals surface area contributed by atoms with Gasteiger partial charge in [-0.15, -0.1) is 10.2 Å². The number of hydrogen-bond donors (Lipinski definition) is 2. The van der Waals surface area contributed by atoms with Crippen LogP contribution in [0.5, 0.6) is 0 Å². The number of piperidine rings is 1. The van der Waals surface area contributed by atoms with Crippen molar-refractivity contribution in [3.8, 4) is 11.1 Å². The Hall–Kier alpha value is -4.05. The minimum Gasteiger partial charge on any atom is -0.393 e. The Morgan fingerprint density at radius 1 is 0.925 bits per heavy atom. The van der Waals surface area contributed by atoms with E-state index in [1.807, 2.05) is 23.1 Å². The van der Waals surface area contributed by atoms with Crippen molar-refractivity contribution < 1.29 is 9.90 Å². The van der Waals surface area contributed by atoms with E-state index in [9.17, 15) is 9.90 Å². The smallest absolute Gasteiger partial charge is 0.225 e. The van der Waals surface area contributed by atoms with Gasteiger partial charge in [0.05, 0.1) is 18.0 Å². The van der Waals surface area contributed by atoms with E-state index in [-0.39, 0.29) is 24.0 Å². The highest BCUT2D eigenvalue weighted by Crippen LogP contribution is 2.33. The van der Waals surface area contributed by atoms with Crippen molar-refractivity contribution in [1.29, 1.82) is 0 Å². The SMILES string of the molecule is O=C(C1CCC(Nc2nccc(C3(Cc4ccc(-c5ccncc5)cc4)C=NN=N3)n2)CC1)N1CCC(O)CC1. The summed E-state index contributed by atoms with van der Waals surface area (Å²) in [5, 5.41) is 25.8. The molecule has 206 valence electrons. The van der Waals surface area contributed by atoms with E-state index < -0.39 is 5.54 Å². The van der Waals surface area contributed by atoms with Gasteiger partial charge in [0.25, 0.3) is 0 Å². The van der Waals surface area contributed by atoms with E-state index in [0.717, 1.165) is 48.1 Å². The third-order valence-electron chi connectivity index (χ3n) is 8.27. The molecular weight excluding hydrogens is 504 g/mol. The number of nitrogens with zero attached hydrogens (tertiary/aromatic N) is 7. The maximum Gasteiger partial charge on any atom is 0.225 e. The van der Waals surface area contributed by atoms with Crippen LogP contribution in [0.4, 0.5) is 5.95 Å². The molecule has 2 aromatic heterocycles. The maximum atomic E-state index is 13.0. The maximum absolute atomic E-state index is 13.0. The molecule has 1 atom stereocenters. The molecule has 1 aromatic carbocycles. The number of aliphatic hydroxyl groups excluding tert-OH is 1. The normalized spacial score (nSPS) is 24.8. The zero-order valence-corrected chi connectivity index (χ0v) is 22.4. The Bertz CT molecular complexity index is 1350. The van der Waals surface area contributed by atoms with Crippen LogP contribution >= 0.6 is 0 Å². The fourth-order valence-corrected chi connectivity index (χ4v) is 5.89. The predicted octanol–water partition coefficient (Wildman–Crippen LogP) is 4.38. The Kier molecular flexibility index (Phi) is 7.59. The fourth-order valence-electron chi connectivity index (χ4n) is 5.89. The van der Waals surface area contributed by atoms with E-state index in [1.54, 1.807) is 24.8 Å². The van der Waals surface area contributed by atoms with Crippen LogP contribution in [0.25, 0.3) is 11.1 Å². The standard InChI is InChI=1S/C30H34N8O2/c39-26-12-17-38(18-13-26)28(40)24-5-7-25(8-6-24)34-29-32-16-11-27(35-29)30(20-33-37-36-30)19-21-1-3-22(4-2-21)23-9-14-31-15-10-23/h1-4,9-11,14-16,20,24-26,39H,5-8,12-13,17-19H2,(H,32,34,35). The summed E-state index contributed by atoms with van der Waals surface area (Å²) in [5.41, 5.74) is 3.30. The Balaban J connectivity index is 1.09. The molecule has 3 aromatic rings. The zero-order valence-electron chi connectivity index (χ0n) is 22.4. The predicted molar refractivity (Wildman–Crippen MR) is 152 cm³/mol. The van der Waals surface area contributed by atoms with Crippen LogP contribution in [0.15, 0.2) is 76.5 Å². The summed E-state index contributed by atoms with van der Waals surface area (Å²) in [6.07, 6.45) is 12.2. The van der Waals surface area contributed by atoms with Gasteiger partial charge >= 0.3 is 0 Å². The van der Waals surface area contributed by atoms with E-state index >= 15 is 0 Å². The second kappa shape index (κ2) is 11.6. The van der Waals surface area contributed by atoms with Crippen LogP contribution in [-0.4, -0.2) is 62.3 Å². The first kappa shape index (κ1) is 26.2. The summed E-state index contributed by atoms with van der Waals surface area (Å²) in [5.74, 6) is 0.856. The number of likely N-dealkylation sites (tertiary alicyclic amines) is 1. The van der Waals surface area contributed by atoms with E-state index in [4.69, 9.17) is 4.98 Å². The van der Waals surface area contributed by atoms with Gasteiger partial charge in [0.15, 0.2) is 5.54 Å². The third-order valence-corrected chi connectivity index (χ3v) is 8.27. The Morgan fingerprint density at radius 2 is 1.65 bits per heavy atom. The molecule has 0 spiro atoms. The highest BCUT2D eigenvalue weighted by atomic mass is 16.3. The topological polar surface area (TPSA) is 128 Å². The van der Waals surface area contributed by atoms with Gasteiger partial charge in [-0.25, -0.2) is 9.97 Å². The summed E-state index contributed by atoms with van der Waals surface area (Å²) in [7, 11) is 0. The second-order valence-electron chi connectivity index (χ2n) is 11.0. The number of rotatable bonds is 7. The Morgan fingerprint density at radius 3 is 2.35 bits per heavy atom. The van der Waals surface area contributed by atoms with Gasteiger partial charge in [0, 0.05) is 50.1 Å². The van der Waals surface area contributed by atoms with Crippen LogP contribution in [0.1, 0.15) is 49.8 Å². The molecule has 2 N–H and O–H groups in total. The molecule has 1 saturated carbocycles. The number of benzene rings is 1. The molecule has 0 bridgehead atoms. The molecule has 2 aliphatic heterocycles. The summed E-state index contributed by atoms with van der Waals surface area (Å²) >= 11 is 0. The zero-order chi connectivity index (χ0) is 27.4. The number of amides is 1. The molecule has 3 aliphatic rings. The van der Waals surface area contributed by atoms with Crippen LogP contribution in [0.3, 0.4) is 0 Å². The lowest BCUT2D eigenvalue weighted by Gasteiger charge is -2.35. The van der Waals surface area contributed by atoms with Gasteiger partial charge in [-0.05, 0) is 78.6 Å². The van der Waals surface area contributed by atoms with Crippen LogP contribution in [0, 0.1) is 5.92 Å². The summed E-state index contributed by atoms with van der Waals surface area (Å²) in [6.45, 7) is 1.33. The van der Waals surface area contributed by atoms with Gasteiger partial charge in [-0.2, -0.15) is 0 Å². The highest BCUT2D eigenvalue weighted by Gasteiger charge is 2.36. The molecule has 40 heavy (non-hydrogen) atoms. The number of nitrogens with one attached hydrogen (secondary N) is 1. The number of aliphatic hydroxyl groups is 1. The van der Waals surface area contributed by atoms with Crippen molar-refractivity contribution in [2.75, 3.05) is 18.4 Å². The first-order valence-electron chi connectivity index (χ1n) is 14.1. The molecule has 1 unspecified atom stereocenters. The van der Waals surface area contributed by atoms with E-state index in [1.165, 1.54) is 0 Å². The average molecular weight is 539 g/mol. The summed E-state index contributed by atoms with van der Waals surface area (Å²) in [6, 6.07) is 14.5. The van der Waals surface area contributed by atoms with Crippen molar-refractivity contribution in [3.63, 3.8) is 0 Å². The van der Waals surface area contributed by atoms with Gasteiger partial charge in [-0.3, -0.25) is 9.78 Å². The molecule has 4 heterocycles. The first-order valence-corrected chi connectivity index (χ1v) is 14.1. The lowest BCUT2D eigenvalue weighted by atomic mass is 9.84. The first-order chi connectivity index (χ1) is 19.6. The average Bonchev–Trinajstić information content (AvgIpc) is 3.48. The number of pyridine rings is 1. The number of anilines is 1. The van der Waals surface area contributed by atoms with Gasteiger partial charge in [-0.1, -0.05) is 24.3 Å². The Labute approximate surface area is 233 Å². The minimum absolute atomic E-state index is 0.0591. The molecular formula is C30H34N8O2. The lowest BCUT2D eigenvalue weighted by Crippen LogP contribution is -2.44. The van der Waals surface area contributed by atoms with Crippen molar-refractivity contribution in [2.45, 2.75) is 62.6 Å². The van der Waals surface area contributed by atoms with Crippen molar-refractivity contribution >= 4 is 18.1 Å². The molecule has 0 radical (unpaired) electrons. The molecule has 1 amide bonds. The monoisotopic (exact) mass is 538 g/mol. The molecule has 10 nitrogen and oxygen atoms in total. The molecule has 2 fully saturated rings. The summed E-state index contributed by atoms with van der Waals surface area (Å²) in [4.78, 5) is 28.3. The fraction of sp³-hybridized carbons (Fsp3) is 0.433. The number of aromatic nitrogens is 3.